The molecule has 0 unspecified atom stereocenters. The third-order valence-electron chi connectivity index (χ3n) is 3.41. The number of aryl methyl sites for hydroxylation is 1. The number of nitrogens with zero attached hydrogens (tertiary/aromatic N) is 1. The van der Waals surface area contributed by atoms with Crippen LogP contribution in [0.1, 0.15) is 49.3 Å². The lowest BCUT2D eigenvalue weighted by atomic mass is 9.97. The van der Waals surface area contributed by atoms with Gasteiger partial charge in [-0.3, -0.25) is 4.79 Å². The second-order valence-electron chi connectivity index (χ2n) is 5.58. The lowest BCUT2D eigenvalue weighted by molar-refractivity contribution is -0.137. The molecule has 19 heavy (non-hydrogen) atoms. The van der Waals surface area contributed by atoms with E-state index in [-0.39, 0.29) is 6.42 Å². The van der Waals surface area contributed by atoms with Gasteiger partial charge in [0, 0.05) is 13.0 Å². The van der Waals surface area contributed by atoms with Gasteiger partial charge in [0.15, 0.2) is 0 Å². The maximum absolute atomic E-state index is 10.5. The van der Waals surface area contributed by atoms with E-state index in [0.717, 1.165) is 13.1 Å². The van der Waals surface area contributed by atoms with Crippen LogP contribution in [0.15, 0.2) is 18.2 Å². The number of benzene rings is 1. The van der Waals surface area contributed by atoms with Crippen LogP contribution in [-0.2, 0) is 11.3 Å². The minimum absolute atomic E-state index is 0.245. The van der Waals surface area contributed by atoms with Crippen molar-refractivity contribution in [1.29, 1.82) is 0 Å². The van der Waals surface area contributed by atoms with Gasteiger partial charge in [-0.25, -0.2) is 0 Å². The van der Waals surface area contributed by atoms with Gasteiger partial charge in [-0.15, -0.1) is 0 Å². The van der Waals surface area contributed by atoms with Crippen molar-refractivity contribution in [1.82, 2.24) is 4.90 Å². The summed E-state index contributed by atoms with van der Waals surface area (Å²) < 4.78 is 0. The smallest absolute Gasteiger partial charge is 0.303 e. The first kappa shape index (κ1) is 15.7. The minimum atomic E-state index is -0.716. The molecule has 0 aliphatic rings. The highest BCUT2D eigenvalue weighted by molar-refractivity contribution is 5.66. The molecule has 0 aromatic heterocycles. The molecule has 1 aromatic rings. The van der Waals surface area contributed by atoms with Crippen molar-refractivity contribution >= 4 is 5.97 Å². The Labute approximate surface area is 116 Å². The van der Waals surface area contributed by atoms with Crippen LogP contribution in [-0.4, -0.2) is 29.6 Å². The van der Waals surface area contributed by atoms with Gasteiger partial charge in [0.25, 0.3) is 0 Å². The Bertz CT molecular complexity index is 427. The average Bonchev–Trinajstić information content (AvgIpc) is 2.31. The Morgan fingerprint density at radius 3 is 2.63 bits per heavy atom. The minimum Gasteiger partial charge on any atom is -0.481 e. The van der Waals surface area contributed by atoms with Gasteiger partial charge < -0.3 is 10.0 Å². The molecule has 1 N–H and O–H groups in total. The average molecular weight is 263 g/mol. The van der Waals surface area contributed by atoms with Gasteiger partial charge in [0.1, 0.15) is 0 Å². The van der Waals surface area contributed by atoms with E-state index >= 15 is 0 Å². The third kappa shape index (κ3) is 5.43. The summed E-state index contributed by atoms with van der Waals surface area (Å²) in [5, 5.41) is 8.64. The van der Waals surface area contributed by atoms with Crippen LogP contribution >= 0.6 is 0 Å². The highest BCUT2D eigenvalue weighted by Crippen LogP contribution is 2.19. The predicted molar refractivity (Wildman–Crippen MR) is 78.5 cm³/mol. The van der Waals surface area contributed by atoms with E-state index in [1.54, 1.807) is 0 Å². The maximum atomic E-state index is 10.5. The summed E-state index contributed by atoms with van der Waals surface area (Å²) in [6.45, 7) is 8.23. The summed E-state index contributed by atoms with van der Waals surface area (Å²) in [6.07, 6.45) is 0.949. The van der Waals surface area contributed by atoms with Gasteiger partial charge in [0.2, 0.25) is 0 Å². The van der Waals surface area contributed by atoms with Crippen molar-refractivity contribution in [3.63, 3.8) is 0 Å². The summed E-state index contributed by atoms with van der Waals surface area (Å²) in [5.74, 6) is -0.178. The molecule has 1 aromatic carbocycles. The molecule has 1 rings (SSSR count). The van der Waals surface area contributed by atoms with Crippen LogP contribution in [0.25, 0.3) is 0 Å². The van der Waals surface area contributed by atoms with Crippen molar-refractivity contribution < 1.29 is 9.90 Å². The molecule has 106 valence electrons. The summed E-state index contributed by atoms with van der Waals surface area (Å²) >= 11 is 0. The molecule has 0 radical (unpaired) electrons. The quantitative estimate of drug-likeness (QED) is 0.819. The van der Waals surface area contributed by atoms with Crippen LogP contribution in [0.4, 0.5) is 0 Å². The molecule has 3 heteroatoms. The molecule has 0 fully saturated rings. The number of carboxylic acid groups (broad SMARTS) is 1. The Hall–Kier alpha value is -1.35. The van der Waals surface area contributed by atoms with Crippen molar-refractivity contribution in [2.75, 3.05) is 13.6 Å². The highest BCUT2D eigenvalue weighted by atomic mass is 16.4. The molecule has 0 saturated carbocycles. The Morgan fingerprint density at radius 2 is 2.05 bits per heavy atom. The van der Waals surface area contributed by atoms with E-state index < -0.39 is 5.97 Å². The van der Waals surface area contributed by atoms with Crippen LogP contribution in [0.3, 0.4) is 0 Å². The lowest BCUT2D eigenvalue weighted by Gasteiger charge is -2.19. The summed E-state index contributed by atoms with van der Waals surface area (Å²) in [7, 11) is 2.04. The third-order valence-corrected chi connectivity index (χ3v) is 3.41. The van der Waals surface area contributed by atoms with E-state index in [1.807, 2.05) is 7.05 Å². The molecular formula is C16H25NO2. The second-order valence-corrected chi connectivity index (χ2v) is 5.58. The summed E-state index contributed by atoms with van der Waals surface area (Å²) in [5.41, 5.74) is 4.00. The van der Waals surface area contributed by atoms with Crippen molar-refractivity contribution in [2.24, 2.45) is 0 Å². The molecule has 0 saturated heterocycles. The molecule has 0 bridgehead atoms. The Morgan fingerprint density at radius 1 is 1.37 bits per heavy atom. The van der Waals surface area contributed by atoms with E-state index in [4.69, 9.17) is 5.11 Å². The van der Waals surface area contributed by atoms with Gasteiger partial charge in [-0.1, -0.05) is 32.0 Å². The molecule has 0 aliphatic heterocycles. The van der Waals surface area contributed by atoms with Gasteiger partial charge >= 0.3 is 5.97 Å². The predicted octanol–water partition coefficient (Wildman–Crippen LogP) is 3.42. The Balaban J connectivity index is 2.60. The fourth-order valence-corrected chi connectivity index (χ4v) is 2.09. The fraction of sp³-hybridized carbons (Fsp3) is 0.562. The van der Waals surface area contributed by atoms with E-state index in [0.29, 0.717) is 12.3 Å². The van der Waals surface area contributed by atoms with E-state index in [1.165, 1.54) is 16.7 Å². The first-order valence-corrected chi connectivity index (χ1v) is 6.90. The molecule has 3 nitrogen and oxygen atoms in total. The standard InChI is InChI=1S/C16H25NO2/c1-12(2)14-8-7-13(3)15(10-14)11-17(4)9-5-6-16(18)19/h7-8,10,12H,5-6,9,11H2,1-4H3,(H,18,19). The SMILES string of the molecule is Cc1ccc(C(C)C)cc1CN(C)CCCC(=O)O. The zero-order valence-electron chi connectivity index (χ0n) is 12.4. The van der Waals surface area contributed by atoms with Crippen molar-refractivity contribution in [3.05, 3.63) is 34.9 Å². The molecule has 0 amide bonds. The zero-order valence-corrected chi connectivity index (χ0v) is 12.4. The summed E-state index contributed by atoms with van der Waals surface area (Å²) in [6, 6.07) is 6.64. The molecular weight excluding hydrogens is 238 g/mol. The van der Waals surface area contributed by atoms with E-state index in [9.17, 15) is 4.79 Å². The number of carbonyl (C=O) groups is 1. The number of aliphatic carboxylic acids is 1. The van der Waals surface area contributed by atoms with E-state index in [2.05, 4.69) is 43.9 Å². The second kappa shape index (κ2) is 7.29. The number of hydrogen-bond acceptors (Lipinski definition) is 2. The first-order valence-electron chi connectivity index (χ1n) is 6.90. The number of hydrogen-bond donors (Lipinski definition) is 1. The van der Waals surface area contributed by atoms with Crippen molar-refractivity contribution in [2.45, 2.75) is 46.1 Å². The Kier molecular flexibility index (Phi) is 6.03. The maximum Gasteiger partial charge on any atom is 0.303 e. The fourth-order valence-electron chi connectivity index (χ4n) is 2.09. The first-order chi connectivity index (χ1) is 8.90. The van der Waals surface area contributed by atoms with Gasteiger partial charge in [0.05, 0.1) is 0 Å². The van der Waals surface area contributed by atoms with Crippen LogP contribution < -0.4 is 0 Å². The van der Waals surface area contributed by atoms with Crippen LogP contribution in [0, 0.1) is 6.92 Å². The van der Waals surface area contributed by atoms with Crippen LogP contribution in [0.5, 0.6) is 0 Å². The molecule has 0 atom stereocenters. The molecule has 0 heterocycles. The lowest BCUT2D eigenvalue weighted by Crippen LogP contribution is -2.20. The van der Waals surface area contributed by atoms with Crippen LogP contribution in [0.2, 0.25) is 0 Å². The molecule has 0 spiro atoms. The van der Waals surface area contributed by atoms with Gasteiger partial charge in [-0.2, -0.15) is 0 Å². The number of rotatable bonds is 7. The largest absolute Gasteiger partial charge is 0.481 e. The topological polar surface area (TPSA) is 40.5 Å². The van der Waals surface area contributed by atoms with Crippen molar-refractivity contribution in [3.8, 4) is 0 Å². The highest BCUT2D eigenvalue weighted by Gasteiger charge is 2.07. The zero-order chi connectivity index (χ0) is 14.4. The molecule has 0 aliphatic carbocycles. The normalized spacial score (nSPS) is 11.3. The monoisotopic (exact) mass is 263 g/mol. The summed E-state index contributed by atoms with van der Waals surface area (Å²) in [4.78, 5) is 12.7. The van der Waals surface area contributed by atoms with Gasteiger partial charge in [-0.05, 0) is 49.5 Å². The number of carboxylic acids is 1.